The topological polar surface area (TPSA) is 3.24 Å². The number of benzene rings is 12. The Kier molecular flexibility index (Phi) is 9.41. The molecule has 78 heavy (non-hydrogen) atoms. The summed E-state index contributed by atoms with van der Waals surface area (Å²) < 4.78 is 0. The molecule has 0 fully saturated rings. The maximum Gasteiger partial charge on any atom is 0.0736 e. The fourth-order valence-corrected chi connectivity index (χ4v) is 17.4. The quantitative estimate of drug-likeness (QED) is 0.169. The highest BCUT2D eigenvalue weighted by atomic mass is 32.2. The lowest BCUT2D eigenvalue weighted by Gasteiger charge is -2.40. The molecule has 3 heteroatoms. The van der Waals surface area contributed by atoms with E-state index in [-0.39, 0.29) is 0 Å². The molecule has 0 unspecified atom stereocenters. The molecule has 364 valence electrons. The fourth-order valence-electron chi connectivity index (χ4n) is 15.0. The summed E-state index contributed by atoms with van der Waals surface area (Å²) in [7, 11) is 0. The largest absolute Gasteiger partial charge is 0.310 e. The minimum Gasteiger partial charge on any atom is -0.310 e. The average molecular weight is 1030 g/mol. The summed E-state index contributed by atoms with van der Waals surface area (Å²) in [5, 5.41) is 0. The molecule has 0 atom stereocenters. The van der Waals surface area contributed by atoms with Gasteiger partial charge in [-0.15, -0.1) is 0 Å². The lowest BCUT2D eigenvalue weighted by Crippen LogP contribution is -2.32. The van der Waals surface area contributed by atoms with E-state index in [9.17, 15) is 0 Å². The van der Waals surface area contributed by atoms with Crippen LogP contribution >= 0.6 is 23.5 Å². The molecule has 0 radical (unpaired) electrons. The normalized spacial score (nSPS) is 15.1. The molecule has 2 spiro atoms. The standard InChI is InChI=1S/C75H47NS2/c1-3-21-48(22-4-1)73(49-23-5-2-6-24-49)59-28-10-7-25-53(59)56-42-39-51(46-67(56)73)76(50-41-44-62-58(45-50)55-27-9-12-30-61(55)74(62)63-31-13-17-35-69(63)77-70-36-18-14-32-64(70)74)52-40-43-57-54-26-8-11-29-60(54)75(68(57)47-52)65-33-15-19-37-71(65)78-72-38-20-16-34-66(72)75/h1-47H. The SMILES string of the molecule is c1ccc(C2(c3ccccc3)c3ccccc3-c3ccc(N(c4ccc5c(c4)-c4ccccc4C54c5ccccc5Sc5ccccc54)c4ccc5c(c4)C4(c6ccccc6Sc6ccccc64)c4ccccc4-5)cc32)cc1. The van der Waals surface area contributed by atoms with Crippen LogP contribution in [0.3, 0.4) is 0 Å². The van der Waals surface area contributed by atoms with Crippen LogP contribution in [0.2, 0.25) is 0 Å². The molecule has 2 aliphatic heterocycles. The lowest BCUT2D eigenvalue weighted by molar-refractivity contribution is 0.722. The molecule has 5 aliphatic rings. The molecule has 0 saturated heterocycles. The zero-order valence-corrected chi connectivity index (χ0v) is 44.0. The maximum atomic E-state index is 2.57. The van der Waals surface area contributed by atoms with Crippen molar-refractivity contribution in [1.29, 1.82) is 0 Å². The first-order valence-electron chi connectivity index (χ1n) is 27.1. The highest BCUT2D eigenvalue weighted by molar-refractivity contribution is 7.99. The summed E-state index contributed by atoms with van der Waals surface area (Å²) in [4.78, 5) is 7.78. The number of hydrogen-bond acceptors (Lipinski definition) is 3. The second-order valence-corrected chi connectivity index (χ2v) is 23.5. The predicted molar refractivity (Wildman–Crippen MR) is 321 cm³/mol. The molecule has 12 aromatic rings. The van der Waals surface area contributed by atoms with Gasteiger partial charge >= 0.3 is 0 Å². The molecule has 3 aliphatic carbocycles. The maximum absolute atomic E-state index is 2.57. The molecule has 0 saturated carbocycles. The Morgan fingerprint density at radius 1 is 0.205 bits per heavy atom. The van der Waals surface area contributed by atoms with E-state index in [1.165, 1.54) is 120 Å². The lowest BCUT2D eigenvalue weighted by atomic mass is 9.67. The van der Waals surface area contributed by atoms with Gasteiger partial charge in [0, 0.05) is 36.6 Å². The zero-order valence-electron chi connectivity index (χ0n) is 42.4. The predicted octanol–water partition coefficient (Wildman–Crippen LogP) is 19.2. The molecule has 12 aromatic carbocycles. The van der Waals surface area contributed by atoms with E-state index in [4.69, 9.17) is 0 Å². The Balaban J connectivity index is 0.960. The number of hydrogen-bond donors (Lipinski definition) is 0. The third kappa shape index (κ3) is 5.69. The summed E-state index contributed by atoms with van der Waals surface area (Å²) in [5.74, 6) is 0. The van der Waals surface area contributed by atoms with Crippen LogP contribution in [0, 0.1) is 0 Å². The highest BCUT2D eigenvalue weighted by Crippen LogP contribution is 2.66. The third-order valence-electron chi connectivity index (χ3n) is 17.9. The second-order valence-electron chi connectivity index (χ2n) is 21.3. The van der Waals surface area contributed by atoms with E-state index in [0.29, 0.717) is 0 Å². The van der Waals surface area contributed by atoms with Gasteiger partial charge in [-0.2, -0.15) is 0 Å². The third-order valence-corrected chi connectivity index (χ3v) is 20.2. The van der Waals surface area contributed by atoms with Gasteiger partial charge in [-0.3, -0.25) is 0 Å². The van der Waals surface area contributed by atoms with Gasteiger partial charge in [-0.05, 0) is 161 Å². The summed E-state index contributed by atoms with van der Waals surface area (Å²) in [6.07, 6.45) is 0. The van der Waals surface area contributed by atoms with Gasteiger partial charge in [-0.1, -0.05) is 248 Å². The molecule has 1 nitrogen and oxygen atoms in total. The van der Waals surface area contributed by atoms with Crippen LogP contribution in [0.1, 0.15) is 66.8 Å². The van der Waals surface area contributed by atoms with Gasteiger partial charge in [0.05, 0.1) is 16.2 Å². The molecule has 17 rings (SSSR count). The molecular formula is C75H47NS2. The van der Waals surface area contributed by atoms with Crippen LogP contribution in [0.15, 0.2) is 305 Å². The van der Waals surface area contributed by atoms with Gasteiger partial charge in [0.25, 0.3) is 0 Å². The Labute approximate surface area is 463 Å². The molecule has 0 N–H and O–H groups in total. The van der Waals surface area contributed by atoms with E-state index in [1.807, 2.05) is 23.5 Å². The molecule has 2 heterocycles. The van der Waals surface area contributed by atoms with E-state index in [0.717, 1.165) is 17.1 Å². The van der Waals surface area contributed by atoms with Crippen LogP contribution in [0.5, 0.6) is 0 Å². The average Bonchev–Trinajstić information content (AvgIpc) is 3.61. The second kappa shape index (κ2) is 16.6. The molecular weight excluding hydrogens is 979 g/mol. The van der Waals surface area contributed by atoms with Crippen molar-refractivity contribution in [2.24, 2.45) is 0 Å². The Morgan fingerprint density at radius 3 is 0.949 bits per heavy atom. The van der Waals surface area contributed by atoms with Gasteiger partial charge in [0.1, 0.15) is 0 Å². The fraction of sp³-hybridized carbons (Fsp3) is 0.0400. The van der Waals surface area contributed by atoms with E-state index in [2.05, 4.69) is 290 Å². The smallest absolute Gasteiger partial charge is 0.0736 e. The van der Waals surface area contributed by atoms with Crippen molar-refractivity contribution in [2.45, 2.75) is 35.8 Å². The molecule has 0 amide bonds. The van der Waals surface area contributed by atoms with Crippen LogP contribution < -0.4 is 4.90 Å². The molecule has 0 aromatic heterocycles. The Bertz CT molecular complexity index is 4350. The number of nitrogens with zero attached hydrogens (tertiary/aromatic N) is 1. The van der Waals surface area contributed by atoms with E-state index >= 15 is 0 Å². The van der Waals surface area contributed by atoms with Gasteiger partial charge in [0.2, 0.25) is 0 Å². The first-order valence-corrected chi connectivity index (χ1v) is 28.7. The van der Waals surface area contributed by atoms with Crippen LogP contribution in [-0.2, 0) is 16.2 Å². The Morgan fingerprint density at radius 2 is 0.500 bits per heavy atom. The number of rotatable bonds is 5. The Hall–Kier alpha value is -8.86. The van der Waals surface area contributed by atoms with Gasteiger partial charge in [0.15, 0.2) is 0 Å². The first-order chi connectivity index (χ1) is 38.7. The van der Waals surface area contributed by atoms with Gasteiger partial charge < -0.3 is 4.90 Å². The number of fused-ring (bicyclic) bond motifs is 21. The van der Waals surface area contributed by atoms with Crippen molar-refractivity contribution in [3.63, 3.8) is 0 Å². The minimum absolute atomic E-state index is 0.483. The van der Waals surface area contributed by atoms with Gasteiger partial charge in [-0.25, -0.2) is 0 Å². The first kappa shape index (κ1) is 44.3. The summed E-state index contributed by atoms with van der Waals surface area (Å²) in [6, 6.07) is 108. The zero-order chi connectivity index (χ0) is 51.2. The van der Waals surface area contributed by atoms with Crippen molar-refractivity contribution in [2.75, 3.05) is 4.90 Å². The van der Waals surface area contributed by atoms with Crippen LogP contribution in [0.4, 0.5) is 17.1 Å². The van der Waals surface area contributed by atoms with Crippen molar-refractivity contribution in [1.82, 2.24) is 0 Å². The van der Waals surface area contributed by atoms with Crippen molar-refractivity contribution in [3.05, 3.63) is 352 Å². The van der Waals surface area contributed by atoms with Crippen LogP contribution in [0.25, 0.3) is 33.4 Å². The van der Waals surface area contributed by atoms with E-state index in [1.54, 1.807) is 0 Å². The van der Waals surface area contributed by atoms with E-state index < -0.39 is 16.2 Å². The summed E-state index contributed by atoms with van der Waals surface area (Å²) in [6.45, 7) is 0. The minimum atomic E-state index is -0.573. The van der Waals surface area contributed by atoms with Crippen molar-refractivity contribution in [3.8, 4) is 33.4 Å². The molecule has 0 bridgehead atoms. The highest BCUT2D eigenvalue weighted by Gasteiger charge is 2.53. The summed E-state index contributed by atoms with van der Waals surface area (Å²) >= 11 is 3.79. The monoisotopic (exact) mass is 1030 g/mol. The van der Waals surface area contributed by atoms with Crippen LogP contribution in [-0.4, -0.2) is 0 Å². The number of anilines is 3. The summed E-state index contributed by atoms with van der Waals surface area (Å²) in [5.41, 5.74) is 25.1. The van der Waals surface area contributed by atoms with Crippen molar-refractivity contribution < 1.29 is 0 Å². The van der Waals surface area contributed by atoms with Crippen molar-refractivity contribution >= 4 is 40.6 Å².